The largest absolute Gasteiger partial charge is 0.352 e. The van der Waals surface area contributed by atoms with Gasteiger partial charge in [-0.25, -0.2) is 0 Å². The number of nitrogens with two attached hydrogens (primary N) is 1. The van der Waals surface area contributed by atoms with Crippen LogP contribution in [-0.2, 0) is 11.3 Å². The molecule has 0 unspecified atom stereocenters. The van der Waals surface area contributed by atoms with Crippen molar-refractivity contribution in [2.24, 2.45) is 5.73 Å². The topological polar surface area (TPSA) is 55.1 Å². The summed E-state index contributed by atoms with van der Waals surface area (Å²) in [6.07, 6.45) is 1.26. The number of rotatable bonds is 5. The molecule has 94 valence electrons. The van der Waals surface area contributed by atoms with Crippen molar-refractivity contribution in [2.75, 3.05) is 6.54 Å². The highest BCUT2D eigenvalue weighted by Crippen LogP contribution is 2.15. The third-order valence-corrected chi connectivity index (χ3v) is 3.04. The van der Waals surface area contributed by atoms with E-state index in [1.165, 1.54) is 22.3 Å². The lowest BCUT2D eigenvalue weighted by molar-refractivity contribution is -0.121. The number of carbonyl (C=O) groups is 1. The molecule has 0 saturated carbocycles. The lowest BCUT2D eigenvalue weighted by Crippen LogP contribution is -2.23. The molecule has 0 spiro atoms. The smallest absolute Gasteiger partial charge is 0.220 e. The van der Waals surface area contributed by atoms with E-state index in [2.05, 4.69) is 38.2 Å². The highest BCUT2D eigenvalue weighted by molar-refractivity contribution is 5.75. The van der Waals surface area contributed by atoms with E-state index in [1.54, 1.807) is 0 Å². The Bertz CT molecular complexity index is 399. The fraction of sp³-hybridized carbons (Fsp3) is 0.500. The molecule has 0 aromatic heterocycles. The Labute approximate surface area is 103 Å². The maximum absolute atomic E-state index is 11.5. The van der Waals surface area contributed by atoms with E-state index in [0.717, 1.165) is 6.42 Å². The molecule has 17 heavy (non-hydrogen) atoms. The van der Waals surface area contributed by atoms with Crippen molar-refractivity contribution < 1.29 is 4.79 Å². The van der Waals surface area contributed by atoms with E-state index in [-0.39, 0.29) is 5.91 Å². The highest BCUT2D eigenvalue weighted by Gasteiger charge is 2.04. The summed E-state index contributed by atoms with van der Waals surface area (Å²) in [4.78, 5) is 11.5. The lowest BCUT2D eigenvalue weighted by Gasteiger charge is -2.11. The number of nitrogens with one attached hydrogen (secondary N) is 1. The molecule has 0 radical (unpaired) electrons. The summed E-state index contributed by atoms with van der Waals surface area (Å²) in [5.41, 5.74) is 10.3. The highest BCUT2D eigenvalue weighted by atomic mass is 16.1. The summed E-state index contributed by atoms with van der Waals surface area (Å²) >= 11 is 0. The van der Waals surface area contributed by atoms with Crippen LogP contribution in [0.3, 0.4) is 0 Å². The summed E-state index contributed by atoms with van der Waals surface area (Å²) in [5.74, 6) is 0.0769. The molecule has 0 saturated heterocycles. The molecule has 0 aliphatic heterocycles. The zero-order chi connectivity index (χ0) is 12.8. The third-order valence-electron chi connectivity index (χ3n) is 3.04. The molecular weight excluding hydrogens is 212 g/mol. The Hall–Kier alpha value is -1.35. The van der Waals surface area contributed by atoms with Crippen LogP contribution in [0.15, 0.2) is 12.1 Å². The molecular formula is C14H22N2O. The Balaban J connectivity index is 2.57. The van der Waals surface area contributed by atoms with Gasteiger partial charge in [0.25, 0.3) is 0 Å². The van der Waals surface area contributed by atoms with Crippen molar-refractivity contribution in [1.29, 1.82) is 0 Å². The Morgan fingerprint density at radius 3 is 2.47 bits per heavy atom. The summed E-state index contributed by atoms with van der Waals surface area (Å²) in [7, 11) is 0. The quantitative estimate of drug-likeness (QED) is 0.818. The van der Waals surface area contributed by atoms with Crippen LogP contribution in [0.1, 0.15) is 35.1 Å². The first-order valence-electron chi connectivity index (χ1n) is 6.08. The van der Waals surface area contributed by atoms with Gasteiger partial charge in [0.1, 0.15) is 0 Å². The van der Waals surface area contributed by atoms with Crippen LogP contribution in [0.4, 0.5) is 0 Å². The van der Waals surface area contributed by atoms with Crippen LogP contribution in [0.25, 0.3) is 0 Å². The number of carbonyl (C=O) groups excluding carboxylic acids is 1. The van der Waals surface area contributed by atoms with Gasteiger partial charge in [0, 0.05) is 13.0 Å². The van der Waals surface area contributed by atoms with E-state index in [9.17, 15) is 4.79 Å². The van der Waals surface area contributed by atoms with Crippen LogP contribution in [-0.4, -0.2) is 12.5 Å². The first-order chi connectivity index (χ1) is 8.04. The lowest BCUT2D eigenvalue weighted by atomic mass is 10.0. The average Bonchev–Trinajstić information content (AvgIpc) is 2.29. The number of benzene rings is 1. The van der Waals surface area contributed by atoms with Gasteiger partial charge in [-0.2, -0.15) is 0 Å². The van der Waals surface area contributed by atoms with Gasteiger partial charge >= 0.3 is 0 Å². The fourth-order valence-corrected chi connectivity index (χ4v) is 1.76. The Morgan fingerprint density at radius 1 is 1.18 bits per heavy atom. The zero-order valence-electron chi connectivity index (χ0n) is 11.0. The molecule has 1 amide bonds. The molecule has 1 aromatic carbocycles. The summed E-state index contributed by atoms with van der Waals surface area (Å²) in [6.45, 7) is 7.45. The van der Waals surface area contributed by atoms with Crippen LogP contribution in [0.5, 0.6) is 0 Å². The first-order valence-corrected chi connectivity index (χ1v) is 6.08. The standard InChI is InChI=1S/C14H22N2O/c1-10-7-12(3)13(8-11(10)2)9-16-14(17)5-4-6-15/h7-8H,4-6,9,15H2,1-3H3,(H,16,17). The maximum atomic E-state index is 11.5. The minimum absolute atomic E-state index is 0.0769. The zero-order valence-corrected chi connectivity index (χ0v) is 11.0. The van der Waals surface area contributed by atoms with Gasteiger partial charge in [-0.1, -0.05) is 12.1 Å². The van der Waals surface area contributed by atoms with Gasteiger partial charge in [-0.3, -0.25) is 4.79 Å². The molecule has 3 heteroatoms. The van der Waals surface area contributed by atoms with Crippen LogP contribution >= 0.6 is 0 Å². The van der Waals surface area contributed by atoms with Gasteiger partial charge < -0.3 is 11.1 Å². The predicted molar refractivity (Wildman–Crippen MR) is 70.8 cm³/mol. The molecule has 0 aliphatic carbocycles. The Morgan fingerprint density at radius 2 is 1.82 bits per heavy atom. The summed E-state index contributed by atoms with van der Waals surface area (Å²) in [5, 5.41) is 2.93. The second-order valence-electron chi connectivity index (χ2n) is 4.53. The second-order valence-corrected chi connectivity index (χ2v) is 4.53. The fourth-order valence-electron chi connectivity index (χ4n) is 1.76. The van der Waals surface area contributed by atoms with E-state index in [1.807, 2.05) is 0 Å². The SMILES string of the molecule is Cc1cc(C)c(CNC(=O)CCCN)cc1C. The maximum Gasteiger partial charge on any atom is 0.220 e. The third kappa shape index (κ3) is 4.19. The first kappa shape index (κ1) is 13.7. The van der Waals surface area contributed by atoms with Crippen LogP contribution in [0, 0.1) is 20.8 Å². The molecule has 0 heterocycles. The van der Waals surface area contributed by atoms with Gasteiger partial charge in [-0.15, -0.1) is 0 Å². The number of aryl methyl sites for hydroxylation is 3. The molecule has 0 aliphatic rings. The minimum Gasteiger partial charge on any atom is -0.352 e. The van der Waals surface area contributed by atoms with Crippen molar-refractivity contribution in [1.82, 2.24) is 5.32 Å². The second kappa shape index (κ2) is 6.40. The summed E-state index contributed by atoms with van der Waals surface area (Å²) in [6, 6.07) is 4.31. The van der Waals surface area contributed by atoms with Crippen molar-refractivity contribution in [3.05, 3.63) is 34.4 Å². The van der Waals surface area contributed by atoms with Crippen molar-refractivity contribution >= 4 is 5.91 Å². The van der Waals surface area contributed by atoms with Gasteiger partial charge in [-0.05, 0) is 56.0 Å². The minimum atomic E-state index is 0.0769. The molecule has 1 aromatic rings. The van der Waals surface area contributed by atoms with Gasteiger partial charge in [0.15, 0.2) is 0 Å². The number of hydrogen-bond acceptors (Lipinski definition) is 2. The molecule has 3 N–H and O–H groups in total. The average molecular weight is 234 g/mol. The normalized spacial score (nSPS) is 10.4. The Kier molecular flexibility index (Phi) is 5.16. The van der Waals surface area contributed by atoms with Crippen molar-refractivity contribution in [3.63, 3.8) is 0 Å². The molecule has 0 fully saturated rings. The molecule has 1 rings (SSSR count). The van der Waals surface area contributed by atoms with E-state index >= 15 is 0 Å². The van der Waals surface area contributed by atoms with E-state index in [0.29, 0.717) is 19.5 Å². The van der Waals surface area contributed by atoms with Crippen molar-refractivity contribution in [2.45, 2.75) is 40.2 Å². The van der Waals surface area contributed by atoms with E-state index in [4.69, 9.17) is 5.73 Å². The molecule has 0 bridgehead atoms. The predicted octanol–water partition coefficient (Wildman–Crippen LogP) is 1.97. The number of amides is 1. The van der Waals surface area contributed by atoms with E-state index < -0.39 is 0 Å². The van der Waals surface area contributed by atoms with Gasteiger partial charge in [0.2, 0.25) is 5.91 Å². The monoisotopic (exact) mass is 234 g/mol. The van der Waals surface area contributed by atoms with Gasteiger partial charge in [0.05, 0.1) is 0 Å². The van der Waals surface area contributed by atoms with Crippen LogP contribution in [0.2, 0.25) is 0 Å². The summed E-state index contributed by atoms with van der Waals surface area (Å²) < 4.78 is 0. The number of hydrogen-bond donors (Lipinski definition) is 2. The van der Waals surface area contributed by atoms with Crippen LogP contribution < -0.4 is 11.1 Å². The molecule has 3 nitrogen and oxygen atoms in total. The van der Waals surface area contributed by atoms with Crippen molar-refractivity contribution in [3.8, 4) is 0 Å². The molecule has 0 atom stereocenters.